The van der Waals surface area contributed by atoms with Gasteiger partial charge in [0.2, 0.25) is 5.95 Å². The fourth-order valence-corrected chi connectivity index (χ4v) is 1.84. The van der Waals surface area contributed by atoms with Gasteiger partial charge < -0.3 is 4.90 Å². The molecule has 0 amide bonds. The lowest BCUT2D eigenvalue weighted by Gasteiger charge is -2.14. The van der Waals surface area contributed by atoms with Crippen molar-refractivity contribution in [1.82, 2.24) is 20.2 Å². The molecule has 76 valence electrons. The lowest BCUT2D eigenvalue weighted by molar-refractivity contribution is 0.639. The normalized spacial score (nSPS) is 14.3. The van der Waals surface area contributed by atoms with Gasteiger partial charge in [0, 0.05) is 13.1 Å². The minimum Gasteiger partial charge on any atom is -0.333 e. The van der Waals surface area contributed by atoms with Gasteiger partial charge in [-0.25, -0.2) is 4.68 Å². The first kappa shape index (κ1) is 8.40. The second kappa shape index (κ2) is 3.34. The predicted octanol–water partition coefficient (Wildman–Crippen LogP) is 0.693. The Labute approximate surface area is 87.3 Å². The smallest absolute Gasteiger partial charge is 0.245 e. The third kappa shape index (κ3) is 1.45. The highest BCUT2D eigenvalue weighted by Gasteiger charge is 2.21. The Bertz CT molecular complexity index is 450. The molecule has 1 aromatic heterocycles. The summed E-state index contributed by atoms with van der Waals surface area (Å²) in [4.78, 5) is 2.19. The number of benzene rings is 1. The first-order chi connectivity index (χ1) is 7.43. The summed E-state index contributed by atoms with van der Waals surface area (Å²) in [5.41, 5.74) is 1.29. The summed E-state index contributed by atoms with van der Waals surface area (Å²) in [6, 6.07) is 10.4. The fraction of sp³-hybridized carbons (Fsp3) is 0.300. The summed E-state index contributed by atoms with van der Waals surface area (Å²) in [5, 5.41) is 11.6. The van der Waals surface area contributed by atoms with Crippen molar-refractivity contribution in [3.63, 3.8) is 0 Å². The number of aromatic nitrogens is 4. The zero-order valence-corrected chi connectivity index (χ0v) is 8.24. The summed E-state index contributed by atoms with van der Waals surface area (Å²) in [7, 11) is 0. The van der Waals surface area contributed by atoms with E-state index in [0.717, 1.165) is 25.6 Å². The molecule has 1 aliphatic heterocycles. The first-order valence-corrected chi connectivity index (χ1v) is 4.98. The molecule has 5 nitrogen and oxygen atoms in total. The molecule has 0 spiro atoms. The minimum atomic E-state index is 0.874. The summed E-state index contributed by atoms with van der Waals surface area (Å²) in [5.74, 6) is 0.874. The lowest BCUT2D eigenvalue weighted by atomic mass is 10.2. The highest BCUT2D eigenvalue weighted by Crippen LogP contribution is 2.18. The maximum atomic E-state index is 4.00. The van der Waals surface area contributed by atoms with Crippen molar-refractivity contribution in [2.45, 2.75) is 13.1 Å². The largest absolute Gasteiger partial charge is 0.333 e. The number of nitrogens with zero attached hydrogens (tertiary/aromatic N) is 5. The molecule has 0 unspecified atom stereocenters. The van der Waals surface area contributed by atoms with Crippen LogP contribution in [-0.4, -0.2) is 26.8 Å². The highest BCUT2D eigenvalue weighted by molar-refractivity contribution is 5.34. The van der Waals surface area contributed by atoms with E-state index in [9.17, 15) is 0 Å². The Morgan fingerprint density at radius 3 is 2.87 bits per heavy atom. The predicted molar refractivity (Wildman–Crippen MR) is 55.3 cm³/mol. The van der Waals surface area contributed by atoms with Crippen molar-refractivity contribution in [1.29, 1.82) is 0 Å². The molecule has 3 rings (SSSR count). The second-order valence-corrected chi connectivity index (χ2v) is 3.61. The van der Waals surface area contributed by atoms with Crippen molar-refractivity contribution < 1.29 is 0 Å². The maximum Gasteiger partial charge on any atom is 0.245 e. The van der Waals surface area contributed by atoms with Gasteiger partial charge in [-0.15, -0.1) is 0 Å². The Kier molecular flexibility index (Phi) is 1.87. The van der Waals surface area contributed by atoms with Crippen LogP contribution in [0.4, 0.5) is 5.95 Å². The van der Waals surface area contributed by atoms with Gasteiger partial charge in [-0.3, -0.25) is 0 Å². The third-order valence-corrected chi connectivity index (χ3v) is 2.59. The summed E-state index contributed by atoms with van der Waals surface area (Å²) < 4.78 is 1.84. The number of anilines is 1. The van der Waals surface area contributed by atoms with Gasteiger partial charge in [0.25, 0.3) is 0 Å². The van der Waals surface area contributed by atoms with Crippen LogP contribution >= 0.6 is 0 Å². The molecule has 2 aromatic rings. The second-order valence-electron chi connectivity index (χ2n) is 3.61. The Hall–Kier alpha value is -1.91. The molecule has 0 bridgehead atoms. The van der Waals surface area contributed by atoms with Crippen molar-refractivity contribution in [2.75, 3.05) is 11.4 Å². The van der Waals surface area contributed by atoms with Crippen molar-refractivity contribution in [3.05, 3.63) is 35.9 Å². The molecule has 1 aliphatic rings. The van der Waals surface area contributed by atoms with Gasteiger partial charge in [0.05, 0.1) is 6.54 Å². The quantitative estimate of drug-likeness (QED) is 0.717. The van der Waals surface area contributed by atoms with Crippen LogP contribution in [0.2, 0.25) is 0 Å². The molecule has 0 radical (unpaired) electrons. The zero-order chi connectivity index (χ0) is 10.1. The average molecular weight is 201 g/mol. The van der Waals surface area contributed by atoms with Crippen LogP contribution in [0.5, 0.6) is 0 Å². The monoisotopic (exact) mass is 201 g/mol. The molecule has 15 heavy (non-hydrogen) atoms. The van der Waals surface area contributed by atoms with Crippen molar-refractivity contribution in [2.24, 2.45) is 0 Å². The van der Waals surface area contributed by atoms with Gasteiger partial charge in [-0.2, -0.15) is 0 Å². The van der Waals surface area contributed by atoms with E-state index in [2.05, 4.69) is 32.6 Å². The van der Waals surface area contributed by atoms with Crippen LogP contribution in [0, 0.1) is 0 Å². The van der Waals surface area contributed by atoms with E-state index >= 15 is 0 Å². The number of hydrogen-bond donors (Lipinski definition) is 0. The molecule has 0 saturated carbocycles. The maximum absolute atomic E-state index is 4.00. The van der Waals surface area contributed by atoms with Crippen LogP contribution in [0.3, 0.4) is 0 Å². The lowest BCUT2D eigenvalue weighted by Crippen LogP contribution is -2.20. The Morgan fingerprint density at radius 1 is 1.13 bits per heavy atom. The third-order valence-electron chi connectivity index (χ3n) is 2.59. The SMILES string of the molecule is c1ccc(CN2CCn3nnnc32)cc1. The summed E-state index contributed by atoms with van der Waals surface area (Å²) in [6.07, 6.45) is 0. The number of rotatable bonds is 2. The Morgan fingerprint density at radius 2 is 2.00 bits per heavy atom. The molecular formula is C10H11N5. The topological polar surface area (TPSA) is 46.8 Å². The number of fused-ring (bicyclic) bond motifs is 1. The molecule has 0 fully saturated rings. The molecule has 1 aromatic carbocycles. The van der Waals surface area contributed by atoms with E-state index < -0.39 is 0 Å². The molecule has 0 N–H and O–H groups in total. The van der Waals surface area contributed by atoms with Gasteiger partial charge >= 0.3 is 0 Å². The minimum absolute atomic E-state index is 0.874. The van der Waals surface area contributed by atoms with Crippen molar-refractivity contribution in [3.8, 4) is 0 Å². The Balaban J connectivity index is 1.81. The molecule has 0 aliphatic carbocycles. The van der Waals surface area contributed by atoms with Crippen LogP contribution in [0.15, 0.2) is 30.3 Å². The molecule has 0 atom stereocenters. The highest BCUT2D eigenvalue weighted by atomic mass is 15.6. The van der Waals surface area contributed by atoms with Gasteiger partial charge in [-0.1, -0.05) is 35.4 Å². The van der Waals surface area contributed by atoms with Gasteiger partial charge in [0.15, 0.2) is 0 Å². The van der Waals surface area contributed by atoms with Gasteiger partial charge in [0.1, 0.15) is 0 Å². The van der Waals surface area contributed by atoms with E-state index in [1.165, 1.54) is 5.56 Å². The van der Waals surface area contributed by atoms with Crippen LogP contribution in [-0.2, 0) is 13.1 Å². The van der Waals surface area contributed by atoms with Crippen LogP contribution in [0.1, 0.15) is 5.56 Å². The molecule has 5 heteroatoms. The first-order valence-electron chi connectivity index (χ1n) is 4.98. The van der Waals surface area contributed by atoms with Gasteiger partial charge in [-0.05, 0) is 16.0 Å². The molecule has 2 heterocycles. The van der Waals surface area contributed by atoms with E-state index in [1.807, 2.05) is 22.9 Å². The van der Waals surface area contributed by atoms with Crippen molar-refractivity contribution >= 4 is 5.95 Å². The van der Waals surface area contributed by atoms with Crippen LogP contribution in [0.25, 0.3) is 0 Å². The number of tetrazole rings is 1. The molecular weight excluding hydrogens is 190 g/mol. The van der Waals surface area contributed by atoms with E-state index in [0.29, 0.717) is 0 Å². The standard InChI is InChI=1S/C10H11N5/c1-2-4-9(5-3-1)8-14-6-7-15-10(14)11-12-13-15/h1-5H,6-8H2. The summed E-state index contributed by atoms with van der Waals surface area (Å²) in [6.45, 7) is 2.73. The number of hydrogen-bond acceptors (Lipinski definition) is 4. The van der Waals surface area contributed by atoms with E-state index in [4.69, 9.17) is 0 Å². The van der Waals surface area contributed by atoms with Crippen LogP contribution < -0.4 is 4.90 Å². The fourth-order valence-electron chi connectivity index (χ4n) is 1.84. The van der Waals surface area contributed by atoms with E-state index in [-0.39, 0.29) is 0 Å². The molecule has 0 saturated heterocycles. The summed E-state index contributed by atoms with van der Waals surface area (Å²) >= 11 is 0. The zero-order valence-electron chi connectivity index (χ0n) is 8.24. The average Bonchev–Trinajstić information content (AvgIpc) is 2.85. The van der Waals surface area contributed by atoms with E-state index in [1.54, 1.807) is 0 Å².